The first kappa shape index (κ1) is 12.2. The van der Waals surface area contributed by atoms with Crippen molar-refractivity contribution in [1.82, 2.24) is 0 Å². The topological polar surface area (TPSA) is 20.2 Å². The molecule has 0 aromatic heterocycles. The van der Waals surface area contributed by atoms with E-state index >= 15 is 0 Å². The Kier molecular flexibility index (Phi) is 2.93. The number of hydrogen-bond donors (Lipinski definition) is 1. The number of hydrogen-bond acceptors (Lipinski definition) is 1. The van der Waals surface area contributed by atoms with E-state index in [1.807, 2.05) is 6.07 Å². The van der Waals surface area contributed by atoms with E-state index in [0.717, 1.165) is 31.2 Å². The van der Waals surface area contributed by atoms with Gasteiger partial charge in [-0.2, -0.15) is 0 Å². The summed E-state index contributed by atoms with van der Waals surface area (Å²) in [6.07, 6.45) is 6.75. The van der Waals surface area contributed by atoms with Crippen LogP contribution in [0.3, 0.4) is 0 Å². The summed E-state index contributed by atoms with van der Waals surface area (Å²) in [5, 5.41) is 11.2. The summed E-state index contributed by atoms with van der Waals surface area (Å²) in [6.45, 7) is 1.77. The van der Waals surface area contributed by atoms with Gasteiger partial charge in [0, 0.05) is 0 Å². The lowest BCUT2D eigenvalue weighted by Gasteiger charge is -2.50. The maximum atomic E-state index is 13.8. The fourth-order valence-electron chi connectivity index (χ4n) is 3.34. The average Bonchev–Trinajstić information content (AvgIpc) is 2.16. The third-order valence-corrected chi connectivity index (χ3v) is 5.09. The number of rotatable bonds is 3. The van der Waals surface area contributed by atoms with Crippen molar-refractivity contribution in [2.75, 3.05) is 0 Å². The maximum Gasteiger partial charge on any atom is 0.126 e. The summed E-state index contributed by atoms with van der Waals surface area (Å²) < 4.78 is 13.8. The van der Waals surface area contributed by atoms with E-state index in [9.17, 15) is 9.50 Å². The van der Waals surface area contributed by atoms with Gasteiger partial charge in [0.15, 0.2) is 0 Å². The summed E-state index contributed by atoms with van der Waals surface area (Å²) >= 11 is 0. The minimum Gasteiger partial charge on any atom is -0.385 e. The van der Waals surface area contributed by atoms with Crippen molar-refractivity contribution in [1.29, 1.82) is 0 Å². The van der Waals surface area contributed by atoms with Crippen LogP contribution in [0, 0.1) is 24.6 Å². The van der Waals surface area contributed by atoms with E-state index in [0.29, 0.717) is 17.4 Å². The van der Waals surface area contributed by atoms with Crippen LogP contribution in [0.2, 0.25) is 0 Å². The molecule has 0 aliphatic heterocycles. The van der Waals surface area contributed by atoms with Gasteiger partial charge >= 0.3 is 0 Å². The fourth-order valence-corrected chi connectivity index (χ4v) is 3.34. The van der Waals surface area contributed by atoms with E-state index in [1.165, 1.54) is 12.8 Å². The van der Waals surface area contributed by atoms with Crippen LogP contribution in [0.4, 0.5) is 4.39 Å². The highest BCUT2D eigenvalue weighted by Crippen LogP contribution is 2.52. The van der Waals surface area contributed by atoms with Crippen LogP contribution in [0.5, 0.6) is 0 Å². The van der Waals surface area contributed by atoms with Gasteiger partial charge in [-0.05, 0) is 61.6 Å². The van der Waals surface area contributed by atoms with Gasteiger partial charge < -0.3 is 5.11 Å². The van der Waals surface area contributed by atoms with E-state index in [4.69, 9.17) is 0 Å². The van der Waals surface area contributed by atoms with Gasteiger partial charge in [-0.15, -0.1) is 0 Å². The van der Waals surface area contributed by atoms with Gasteiger partial charge in [0.2, 0.25) is 0 Å². The molecule has 2 aliphatic rings. The van der Waals surface area contributed by atoms with Crippen LogP contribution in [-0.4, -0.2) is 5.11 Å². The summed E-state index contributed by atoms with van der Waals surface area (Å²) in [5.74, 6) is 0.486. The second-order valence-electron chi connectivity index (χ2n) is 6.04. The highest BCUT2D eigenvalue weighted by Gasteiger charge is 2.49. The standard InChI is InChI=1S/C16H21FO/c1-11-8-9-14(10-15(11)17)16(18,12-4-2-5-12)13-6-3-7-13/h8-10,12-13,18H,2-7H2,1H3. The Bertz CT molecular complexity index is 432. The zero-order chi connectivity index (χ0) is 12.8. The molecule has 18 heavy (non-hydrogen) atoms. The van der Waals surface area contributed by atoms with E-state index in [2.05, 4.69) is 0 Å². The van der Waals surface area contributed by atoms with Crippen molar-refractivity contribution < 1.29 is 9.50 Å². The molecule has 0 atom stereocenters. The molecule has 0 heterocycles. The Morgan fingerprint density at radius 3 is 2.06 bits per heavy atom. The van der Waals surface area contributed by atoms with Gasteiger partial charge in [-0.3, -0.25) is 0 Å². The molecule has 2 saturated carbocycles. The molecule has 3 rings (SSSR count). The molecule has 0 radical (unpaired) electrons. The van der Waals surface area contributed by atoms with E-state index < -0.39 is 5.60 Å². The van der Waals surface area contributed by atoms with Crippen molar-refractivity contribution in [2.45, 2.75) is 51.0 Å². The van der Waals surface area contributed by atoms with Gasteiger partial charge in [0.25, 0.3) is 0 Å². The summed E-state index contributed by atoms with van der Waals surface area (Å²) in [4.78, 5) is 0. The SMILES string of the molecule is Cc1ccc(C(O)(C2CCC2)C2CCC2)cc1F. The Hall–Kier alpha value is -0.890. The molecular formula is C16H21FO. The molecule has 2 heteroatoms. The molecule has 0 spiro atoms. The Labute approximate surface area is 108 Å². The average molecular weight is 248 g/mol. The predicted octanol–water partition coefficient (Wildman–Crippen LogP) is 3.92. The lowest BCUT2D eigenvalue weighted by Crippen LogP contribution is -2.48. The molecule has 0 amide bonds. The summed E-state index contributed by atoms with van der Waals surface area (Å²) in [5.41, 5.74) is 0.689. The monoisotopic (exact) mass is 248 g/mol. The van der Waals surface area contributed by atoms with Crippen LogP contribution >= 0.6 is 0 Å². The maximum absolute atomic E-state index is 13.8. The molecule has 1 aromatic rings. The van der Waals surface area contributed by atoms with Crippen molar-refractivity contribution in [3.63, 3.8) is 0 Å². The quantitative estimate of drug-likeness (QED) is 0.859. The highest BCUT2D eigenvalue weighted by molar-refractivity contribution is 5.30. The molecule has 0 bridgehead atoms. The van der Waals surface area contributed by atoms with Gasteiger partial charge in [0.05, 0.1) is 5.60 Å². The molecule has 0 unspecified atom stereocenters. The van der Waals surface area contributed by atoms with Crippen molar-refractivity contribution in [3.05, 3.63) is 35.1 Å². The van der Waals surface area contributed by atoms with E-state index in [1.54, 1.807) is 19.1 Å². The third-order valence-electron chi connectivity index (χ3n) is 5.09. The van der Waals surface area contributed by atoms with Crippen LogP contribution in [0.25, 0.3) is 0 Å². The van der Waals surface area contributed by atoms with Crippen LogP contribution < -0.4 is 0 Å². The highest BCUT2D eigenvalue weighted by atomic mass is 19.1. The summed E-state index contributed by atoms with van der Waals surface area (Å²) in [7, 11) is 0. The normalized spacial score (nSPS) is 21.5. The van der Waals surface area contributed by atoms with E-state index in [-0.39, 0.29) is 5.82 Å². The fraction of sp³-hybridized carbons (Fsp3) is 0.625. The number of aryl methyl sites for hydroxylation is 1. The van der Waals surface area contributed by atoms with Crippen molar-refractivity contribution in [3.8, 4) is 0 Å². The molecular weight excluding hydrogens is 227 g/mol. The molecule has 0 saturated heterocycles. The number of halogens is 1. The molecule has 2 fully saturated rings. The van der Waals surface area contributed by atoms with Crippen molar-refractivity contribution in [2.24, 2.45) is 11.8 Å². The minimum atomic E-state index is -0.773. The largest absolute Gasteiger partial charge is 0.385 e. The first-order chi connectivity index (χ1) is 8.62. The Morgan fingerprint density at radius 1 is 1.11 bits per heavy atom. The predicted molar refractivity (Wildman–Crippen MR) is 69.7 cm³/mol. The molecule has 2 aliphatic carbocycles. The zero-order valence-corrected chi connectivity index (χ0v) is 11.0. The van der Waals surface area contributed by atoms with Crippen molar-refractivity contribution >= 4 is 0 Å². The lowest BCUT2D eigenvalue weighted by atomic mass is 9.59. The first-order valence-corrected chi connectivity index (χ1v) is 7.11. The van der Waals surface area contributed by atoms with Crippen LogP contribution in [0.1, 0.15) is 49.7 Å². The zero-order valence-electron chi connectivity index (χ0n) is 11.0. The van der Waals surface area contributed by atoms with Crippen LogP contribution in [0.15, 0.2) is 18.2 Å². The Balaban J connectivity index is 1.98. The molecule has 98 valence electrons. The number of benzene rings is 1. The molecule has 1 N–H and O–H groups in total. The molecule has 1 nitrogen and oxygen atoms in total. The molecule has 1 aromatic carbocycles. The Morgan fingerprint density at radius 2 is 1.67 bits per heavy atom. The number of aliphatic hydroxyl groups is 1. The second kappa shape index (κ2) is 4.34. The lowest BCUT2D eigenvalue weighted by molar-refractivity contribution is -0.126. The van der Waals surface area contributed by atoms with Gasteiger partial charge in [-0.1, -0.05) is 25.0 Å². The summed E-state index contributed by atoms with van der Waals surface area (Å²) in [6, 6.07) is 5.29. The van der Waals surface area contributed by atoms with Crippen LogP contribution in [-0.2, 0) is 5.60 Å². The second-order valence-corrected chi connectivity index (χ2v) is 6.04. The third kappa shape index (κ3) is 1.70. The first-order valence-electron chi connectivity index (χ1n) is 7.11. The van der Waals surface area contributed by atoms with Gasteiger partial charge in [0.1, 0.15) is 5.82 Å². The smallest absolute Gasteiger partial charge is 0.126 e. The van der Waals surface area contributed by atoms with Gasteiger partial charge in [-0.25, -0.2) is 4.39 Å². The minimum absolute atomic E-state index is 0.190.